The number of carbonyl (C=O) groups excluding carboxylic acids is 1. The van der Waals surface area contributed by atoms with E-state index in [1.54, 1.807) is 11.3 Å². The van der Waals surface area contributed by atoms with Gasteiger partial charge in [0.25, 0.3) is 0 Å². The molecule has 0 unspecified atom stereocenters. The highest BCUT2D eigenvalue weighted by Gasteiger charge is 2.30. The van der Waals surface area contributed by atoms with E-state index < -0.39 is 5.60 Å². The number of esters is 1. The van der Waals surface area contributed by atoms with Gasteiger partial charge in [0.2, 0.25) is 0 Å². The van der Waals surface area contributed by atoms with Crippen LogP contribution in [-0.4, -0.2) is 18.1 Å². The number of thiophene rings is 1. The SMILES string of the molecule is CC(C)(C)OC(=O)[C@H]1NCCc2ccsc21. The van der Waals surface area contributed by atoms with Crippen LogP contribution in [0.5, 0.6) is 0 Å². The first kappa shape index (κ1) is 11.6. The Morgan fingerprint density at radius 3 is 3.00 bits per heavy atom. The molecule has 2 heterocycles. The van der Waals surface area contributed by atoms with Crippen LogP contribution in [0.25, 0.3) is 0 Å². The minimum absolute atomic E-state index is 0.170. The number of ether oxygens (including phenoxy) is 1. The largest absolute Gasteiger partial charge is 0.459 e. The fourth-order valence-corrected chi connectivity index (χ4v) is 2.82. The van der Waals surface area contributed by atoms with Crippen LogP contribution in [0.2, 0.25) is 0 Å². The van der Waals surface area contributed by atoms with Crippen molar-refractivity contribution in [1.29, 1.82) is 0 Å². The van der Waals surface area contributed by atoms with E-state index in [1.807, 2.05) is 26.2 Å². The third-order valence-electron chi connectivity index (χ3n) is 2.43. The third kappa shape index (κ3) is 2.44. The Kier molecular flexibility index (Phi) is 3.04. The summed E-state index contributed by atoms with van der Waals surface area (Å²) in [7, 11) is 0. The van der Waals surface area contributed by atoms with E-state index in [4.69, 9.17) is 4.74 Å². The molecule has 1 N–H and O–H groups in total. The maximum absolute atomic E-state index is 12.0. The first-order valence-corrected chi connectivity index (χ1v) is 6.38. The summed E-state index contributed by atoms with van der Waals surface area (Å²) in [5.41, 5.74) is 0.854. The van der Waals surface area contributed by atoms with E-state index in [1.165, 1.54) is 5.56 Å². The van der Waals surface area contributed by atoms with E-state index in [0.29, 0.717) is 0 Å². The van der Waals surface area contributed by atoms with Crippen molar-refractivity contribution in [2.45, 2.75) is 38.8 Å². The first-order valence-electron chi connectivity index (χ1n) is 5.50. The van der Waals surface area contributed by atoms with Crippen molar-refractivity contribution in [2.75, 3.05) is 6.54 Å². The summed E-state index contributed by atoms with van der Waals surface area (Å²) >= 11 is 1.62. The average molecular weight is 239 g/mol. The topological polar surface area (TPSA) is 38.3 Å². The predicted octanol–water partition coefficient (Wildman–Crippen LogP) is 2.28. The Labute approximate surface area is 99.8 Å². The second-order valence-electron chi connectivity index (χ2n) is 4.98. The summed E-state index contributed by atoms with van der Waals surface area (Å²) in [5.74, 6) is -0.170. The second-order valence-corrected chi connectivity index (χ2v) is 5.93. The minimum atomic E-state index is -0.423. The van der Waals surface area contributed by atoms with Crippen LogP contribution in [0.3, 0.4) is 0 Å². The fourth-order valence-electron chi connectivity index (χ4n) is 1.80. The van der Waals surface area contributed by atoms with Crippen molar-refractivity contribution in [1.82, 2.24) is 5.32 Å². The number of fused-ring (bicyclic) bond motifs is 1. The summed E-state index contributed by atoms with van der Waals surface area (Å²) in [5, 5.41) is 5.26. The highest BCUT2D eigenvalue weighted by Crippen LogP contribution is 2.29. The highest BCUT2D eigenvalue weighted by atomic mass is 32.1. The Hall–Kier alpha value is -0.870. The Bertz CT molecular complexity index is 392. The molecule has 88 valence electrons. The molecule has 0 saturated carbocycles. The number of rotatable bonds is 1. The maximum Gasteiger partial charge on any atom is 0.329 e. The third-order valence-corrected chi connectivity index (χ3v) is 3.45. The normalized spacial score (nSPS) is 20.3. The molecule has 4 heteroatoms. The van der Waals surface area contributed by atoms with Crippen molar-refractivity contribution in [2.24, 2.45) is 0 Å². The van der Waals surface area contributed by atoms with Gasteiger partial charge >= 0.3 is 5.97 Å². The summed E-state index contributed by atoms with van der Waals surface area (Å²) in [6.45, 7) is 6.52. The van der Waals surface area contributed by atoms with E-state index in [0.717, 1.165) is 17.8 Å². The number of hydrogen-bond acceptors (Lipinski definition) is 4. The predicted molar refractivity (Wildman–Crippen MR) is 64.6 cm³/mol. The molecule has 0 saturated heterocycles. The van der Waals surface area contributed by atoms with Gasteiger partial charge in [-0.25, -0.2) is 4.79 Å². The molecule has 1 aromatic rings. The van der Waals surface area contributed by atoms with Crippen LogP contribution in [0.1, 0.15) is 37.3 Å². The molecular formula is C12H17NO2S. The summed E-state index contributed by atoms with van der Waals surface area (Å²) in [4.78, 5) is 13.1. The lowest BCUT2D eigenvalue weighted by molar-refractivity contribution is -0.157. The van der Waals surface area contributed by atoms with Gasteiger partial charge in [-0.2, -0.15) is 0 Å². The van der Waals surface area contributed by atoms with E-state index in [9.17, 15) is 4.79 Å². The van der Waals surface area contributed by atoms with Gasteiger partial charge in [-0.3, -0.25) is 5.32 Å². The molecule has 16 heavy (non-hydrogen) atoms. The molecular weight excluding hydrogens is 222 g/mol. The van der Waals surface area contributed by atoms with Crippen molar-refractivity contribution in [3.05, 3.63) is 21.9 Å². The maximum atomic E-state index is 12.0. The molecule has 0 bridgehead atoms. The molecule has 0 amide bonds. The Morgan fingerprint density at radius 2 is 2.31 bits per heavy atom. The van der Waals surface area contributed by atoms with Gasteiger partial charge in [0, 0.05) is 11.4 Å². The summed E-state index contributed by atoms with van der Waals surface area (Å²) in [6, 6.07) is 1.82. The molecule has 0 aliphatic carbocycles. The summed E-state index contributed by atoms with van der Waals surface area (Å²) in [6.07, 6.45) is 0.998. The van der Waals surface area contributed by atoms with Crippen LogP contribution in [-0.2, 0) is 16.0 Å². The summed E-state index contributed by atoms with van der Waals surface area (Å²) < 4.78 is 5.41. The lowest BCUT2D eigenvalue weighted by Gasteiger charge is -2.27. The second kappa shape index (κ2) is 4.18. The highest BCUT2D eigenvalue weighted by molar-refractivity contribution is 7.10. The smallest absolute Gasteiger partial charge is 0.329 e. The van der Waals surface area contributed by atoms with Crippen LogP contribution in [0.15, 0.2) is 11.4 Å². The van der Waals surface area contributed by atoms with Crippen molar-refractivity contribution >= 4 is 17.3 Å². The molecule has 0 radical (unpaired) electrons. The monoisotopic (exact) mass is 239 g/mol. The van der Waals surface area contributed by atoms with Crippen molar-refractivity contribution in [3.63, 3.8) is 0 Å². The van der Waals surface area contributed by atoms with Gasteiger partial charge in [0.05, 0.1) is 0 Å². The fraction of sp³-hybridized carbons (Fsp3) is 0.583. The lowest BCUT2D eigenvalue weighted by atomic mass is 10.0. The lowest BCUT2D eigenvalue weighted by Crippen LogP contribution is -2.38. The van der Waals surface area contributed by atoms with Crippen LogP contribution in [0, 0.1) is 0 Å². The van der Waals surface area contributed by atoms with Crippen LogP contribution < -0.4 is 5.32 Å². The van der Waals surface area contributed by atoms with Gasteiger partial charge in [0.1, 0.15) is 11.6 Å². The van der Waals surface area contributed by atoms with Crippen LogP contribution >= 0.6 is 11.3 Å². The Morgan fingerprint density at radius 1 is 1.56 bits per heavy atom. The first-order chi connectivity index (χ1) is 7.47. The molecule has 1 aliphatic rings. The molecule has 1 aromatic heterocycles. The van der Waals surface area contributed by atoms with Crippen molar-refractivity contribution < 1.29 is 9.53 Å². The zero-order valence-electron chi connectivity index (χ0n) is 9.87. The number of nitrogens with one attached hydrogen (secondary N) is 1. The zero-order chi connectivity index (χ0) is 11.8. The van der Waals surface area contributed by atoms with Crippen molar-refractivity contribution in [3.8, 4) is 0 Å². The number of carbonyl (C=O) groups is 1. The zero-order valence-corrected chi connectivity index (χ0v) is 10.7. The molecule has 0 fully saturated rings. The average Bonchev–Trinajstić information content (AvgIpc) is 2.61. The van der Waals surface area contributed by atoms with E-state index in [2.05, 4.69) is 11.4 Å². The van der Waals surface area contributed by atoms with Gasteiger partial charge in [-0.05, 0) is 44.2 Å². The molecule has 2 rings (SSSR count). The van der Waals surface area contributed by atoms with Gasteiger partial charge in [-0.1, -0.05) is 0 Å². The quantitative estimate of drug-likeness (QED) is 0.764. The van der Waals surface area contributed by atoms with Gasteiger partial charge in [0.15, 0.2) is 0 Å². The molecule has 3 nitrogen and oxygen atoms in total. The minimum Gasteiger partial charge on any atom is -0.459 e. The Balaban J connectivity index is 2.15. The van der Waals surface area contributed by atoms with E-state index >= 15 is 0 Å². The van der Waals surface area contributed by atoms with Crippen LogP contribution in [0.4, 0.5) is 0 Å². The number of hydrogen-bond donors (Lipinski definition) is 1. The molecule has 0 aromatic carbocycles. The standard InChI is InChI=1S/C12H17NO2S/c1-12(2,3)15-11(14)9-10-8(4-6-13-9)5-7-16-10/h5,7,9,13H,4,6H2,1-3H3/t9-/m0/s1. The van der Waals surface area contributed by atoms with Gasteiger partial charge in [-0.15, -0.1) is 11.3 Å². The van der Waals surface area contributed by atoms with E-state index in [-0.39, 0.29) is 12.0 Å². The molecule has 1 aliphatic heterocycles. The molecule has 1 atom stereocenters. The molecule has 0 spiro atoms. The van der Waals surface area contributed by atoms with Gasteiger partial charge < -0.3 is 4.74 Å².